The van der Waals surface area contributed by atoms with Gasteiger partial charge in [-0.15, -0.1) is 0 Å². The molecule has 3 aromatic rings. The van der Waals surface area contributed by atoms with Crippen molar-refractivity contribution in [2.75, 3.05) is 0 Å². The van der Waals surface area contributed by atoms with Crippen molar-refractivity contribution in [2.24, 2.45) is 0 Å². The molecular formula is C17H14ClFN2O. The van der Waals surface area contributed by atoms with Crippen LogP contribution in [-0.2, 0) is 0 Å². The number of amides is 1. The molecule has 3 nitrogen and oxygen atoms in total. The van der Waals surface area contributed by atoms with Crippen LogP contribution in [0.3, 0.4) is 0 Å². The van der Waals surface area contributed by atoms with E-state index in [0.29, 0.717) is 16.1 Å². The van der Waals surface area contributed by atoms with Gasteiger partial charge in [0.05, 0.1) is 11.6 Å². The number of H-pyrrole nitrogens is 1. The zero-order chi connectivity index (χ0) is 15.7. The number of carbonyl (C=O) groups is 1. The first-order chi connectivity index (χ1) is 10.5. The molecular weight excluding hydrogens is 303 g/mol. The highest BCUT2D eigenvalue weighted by Crippen LogP contribution is 2.24. The molecule has 0 spiro atoms. The van der Waals surface area contributed by atoms with E-state index in [1.165, 1.54) is 6.07 Å². The van der Waals surface area contributed by atoms with Gasteiger partial charge in [-0.3, -0.25) is 4.79 Å². The Morgan fingerprint density at radius 3 is 2.68 bits per heavy atom. The minimum absolute atomic E-state index is 0.145. The summed E-state index contributed by atoms with van der Waals surface area (Å²) in [4.78, 5) is 15.1. The smallest absolute Gasteiger partial charge is 0.268 e. The quantitative estimate of drug-likeness (QED) is 0.736. The third-order valence-corrected chi connectivity index (χ3v) is 3.76. The van der Waals surface area contributed by atoms with Crippen molar-refractivity contribution < 1.29 is 9.18 Å². The van der Waals surface area contributed by atoms with Crippen LogP contribution in [0.1, 0.15) is 29.0 Å². The zero-order valence-electron chi connectivity index (χ0n) is 11.9. The lowest BCUT2D eigenvalue weighted by Crippen LogP contribution is -2.26. The molecule has 1 unspecified atom stereocenters. The standard InChI is InChI=1S/C17H14ClFN2O/c1-10(11-5-3-2-4-6-11)20-17(22)15-8-12-7-13(18)9-14(19)16(12)21-15/h2-10,21H,1H3,(H,20,22). The van der Waals surface area contributed by atoms with Gasteiger partial charge in [0.15, 0.2) is 0 Å². The van der Waals surface area contributed by atoms with Crippen molar-refractivity contribution in [2.45, 2.75) is 13.0 Å². The third-order valence-electron chi connectivity index (χ3n) is 3.54. The molecule has 3 rings (SSSR count). The van der Waals surface area contributed by atoms with Gasteiger partial charge in [0.1, 0.15) is 11.5 Å². The molecule has 0 fully saturated rings. The van der Waals surface area contributed by atoms with Gasteiger partial charge >= 0.3 is 0 Å². The molecule has 0 saturated carbocycles. The van der Waals surface area contributed by atoms with E-state index in [1.54, 1.807) is 12.1 Å². The van der Waals surface area contributed by atoms with Crippen LogP contribution in [-0.4, -0.2) is 10.9 Å². The highest BCUT2D eigenvalue weighted by Gasteiger charge is 2.15. The van der Waals surface area contributed by atoms with Crippen LogP contribution in [0, 0.1) is 5.82 Å². The minimum Gasteiger partial charge on any atom is -0.348 e. The lowest BCUT2D eigenvalue weighted by molar-refractivity contribution is 0.0935. The maximum absolute atomic E-state index is 13.8. The monoisotopic (exact) mass is 316 g/mol. The molecule has 0 bridgehead atoms. The van der Waals surface area contributed by atoms with E-state index in [1.807, 2.05) is 37.3 Å². The Hall–Kier alpha value is -2.33. The molecule has 0 saturated heterocycles. The van der Waals surface area contributed by atoms with Crippen LogP contribution >= 0.6 is 11.6 Å². The van der Waals surface area contributed by atoms with Gasteiger partial charge in [0.25, 0.3) is 5.91 Å². The molecule has 2 aromatic carbocycles. The lowest BCUT2D eigenvalue weighted by Gasteiger charge is -2.13. The number of hydrogen-bond acceptors (Lipinski definition) is 1. The molecule has 1 heterocycles. The predicted molar refractivity (Wildman–Crippen MR) is 85.6 cm³/mol. The summed E-state index contributed by atoms with van der Waals surface area (Å²) in [7, 11) is 0. The molecule has 1 atom stereocenters. The Balaban J connectivity index is 1.85. The van der Waals surface area contributed by atoms with Crippen molar-refractivity contribution in [1.82, 2.24) is 10.3 Å². The van der Waals surface area contributed by atoms with Crippen molar-refractivity contribution in [3.05, 3.63) is 70.6 Å². The largest absolute Gasteiger partial charge is 0.348 e. The number of hydrogen-bond donors (Lipinski definition) is 2. The molecule has 5 heteroatoms. The highest BCUT2D eigenvalue weighted by atomic mass is 35.5. The lowest BCUT2D eigenvalue weighted by atomic mass is 10.1. The molecule has 22 heavy (non-hydrogen) atoms. The summed E-state index contributed by atoms with van der Waals surface area (Å²) in [5, 5.41) is 3.75. The summed E-state index contributed by atoms with van der Waals surface area (Å²) in [5.74, 6) is -0.763. The fourth-order valence-electron chi connectivity index (χ4n) is 2.39. The number of aromatic amines is 1. The fraction of sp³-hybridized carbons (Fsp3) is 0.118. The number of fused-ring (bicyclic) bond motifs is 1. The van der Waals surface area contributed by atoms with E-state index >= 15 is 0 Å². The van der Waals surface area contributed by atoms with Crippen molar-refractivity contribution in [1.29, 1.82) is 0 Å². The first kappa shape index (κ1) is 14.6. The number of nitrogens with one attached hydrogen (secondary N) is 2. The Kier molecular flexibility index (Phi) is 3.86. The molecule has 2 N–H and O–H groups in total. The Morgan fingerprint density at radius 1 is 1.23 bits per heavy atom. The van der Waals surface area contributed by atoms with Gasteiger partial charge in [-0.25, -0.2) is 4.39 Å². The Morgan fingerprint density at radius 2 is 1.95 bits per heavy atom. The Labute approximate surface area is 132 Å². The van der Waals surface area contributed by atoms with Gasteiger partial charge in [-0.05, 0) is 30.7 Å². The maximum atomic E-state index is 13.8. The first-order valence-electron chi connectivity index (χ1n) is 6.88. The van der Waals surface area contributed by atoms with Gasteiger partial charge in [0.2, 0.25) is 0 Å². The second-order valence-electron chi connectivity index (χ2n) is 5.14. The molecule has 1 aromatic heterocycles. The van der Waals surface area contributed by atoms with Gasteiger partial charge in [-0.1, -0.05) is 41.9 Å². The number of aromatic nitrogens is 1. The summed E-state index contributed by atoms with van der Waals surface area (Å²) in [6.45, 7) is 1.90. The zero-order valence-corrected chi connectivity index (χ0v) is 12.6. The molecule has 0 aliphatic carbocycles. The second-order valence-corrected chi connectivity index (χ2v) is 5.58. The van der Waals surface area contributed by atoms with E-state index in [-0.39, 0.29) is 17.5 Å². The van der Waals surface area contributed by atoms with E-state index in [4.69, 9.17) is 11.6 Å². The van der Waals surface area contributed by atoms with Crippen molar-refractivity contribution in [3.8, 4) is 0 Å². The van der Waals surface area contributed by atoms with E-state index < -0.39 is 5.82 Å². The number of rotatable bonds is 3. The summed E-state index contributed by atoms with van der Waals surface area (Å²) < 4.78 is 13.8. The van der Waals surface area contributed by atoms with Crippen LogP contribution in [0.2, 0.25) is 5.02 Å². The number of benzene rings is 2. The van der Waals surface area contributed by atoms with Gasteiger partial charge in [-0.2, -0.15) is 0 Å². The molecule has 112 valence electrons. The Bertz CT molecular complexity index is 829. The van der Waals surface area contributed by atoms with Crippen molar-refractivity contribution >= 4 is 28.4 Å². The molecule has 0 aliphatic rings. The predicted octanol–water partition coefficient (Wildman–Crippen LogP) is 4.45. The van der Waals surface area contributed by atoms with Crippen molar-refractivity contribution in [3.63, 3.8) is 0 Å². The SMILES string of the molecule is CC(NC(=O)c1cc2cc(Cl)cc(F)c2[nH]1)c1ccccc1. The van der Waals surface area contributed by atoms with Crippen LogP contribution in [0.25, 0.3) is 10.9 Å². The van der Waals surface area contributed by atoms with E-state index in [0.717, 1.165) is 5.56 Å². The van der Waals surface area contributed by atoms with E-state index in [9.17, 15) is 9.18 Å². The summed E-state index contributed by atoms with van der Waals surface area (Å²) in [6, 6.07) is 13.9. The van der Waals surface area contributed by atoms with E-state index in [2.05, 4.69) is 10.3 Å². The summed E-state index contributed by atoms with van der Waals surface area (Å²) >= 11 is 5.82. The molecule has 0 aliphatic heterocycles. The first-order valence-corrected chi connectivity index (χ1v) is 7.26. The second kappa shape index (κ2) is 5.81. The summed E-state index contributed by atoms with van der Waals surface area (Å²) in [6.07, 6.45) is 0. The molecule has 0 radical (unpaired) electrons. The van der Waals surface area contributed by atoms with Gasteiger partial charge in [0, 0.05) is 10.4 Å². The average molecular weight is 317 g/mol. The topological polar surface area (TPSA) is 44.9 Å². The van der Waals surface area contributed by atoms with Crippen LogP contribution in [0.5, 0.6) is 0 Å². The maximum Gasteiger partial charge on any atom is 0.268 e. The summed E-state index contributed by atoms with van der Waals surface area (Å²) in [5.41, 5.74) is 1.59. The van der Waals surface area contributed by atoms with Crippen LogP contribution in [0.4, 0.5) is 4.39 Å². The normalized spacial score (nSPS) is 12.3. The van der Waals surface area contributed by atoms with Crippen LogP contribution < -0.4 is 5.32 Å². The minimum atomic E-state index is -0.474. The third kappa shape index (κ3) is 2.83. The van der Waals surface area contributed by atoms with Crippen LogP contribution in [0.15, 0.2) is 48.5 Å². The number of carbonyl (C=O) groups excluding carboxylic acids is 1. The molecule has 1 amide bonds. The fourth-order valence-corrected chi connectivity index (χ4v) is 2.60. The van der Waals surface area contributed by atoms with Gasteiger partial charge < -0.3 is 10.3 Å². The average Bonchev–Trinajstić information content (AvgIpc) is 2.92. The highest BCUT2D eigenvalue weighted by molar-refractivity contribution is 6.31. The number of halogens is 2.